The fourth-order valence-corrected chi connectivity index (χ4v) is 2.61. The van der Waals surface area contributed by atoms with Gasteiger partial charge in [-0.3, -0.25) is 9.69 Å². The minimum Gasteiger partial charge on any atom is -0.468 e. The molecular formula is C17H20N2O2. The normalized spacial score (nSPS) is 16.1. The Balaban J connectivity index is 1.55. The molecule has 0 aliphatic carbocycles. The van der Waals surface area contributed by atoms with E-state index in [1.54, 1.807) is 6.26 Å². The van der Waals surface area contributed by atoms with Gasteiger partial charge in [0, 0.05) is 31.7 Å². The summed E-state index contributed by atoms with van der Waals surface area (Å²) in [6.07, 6.45) is 1.70. The molecule has 1 aliphatic rings. The van der Waals surface area contributed by atoms with Crippen LogP contribution in [0.15, 0.2) is 47.1 Å². The van der Waals surface area contributed by atoms with E-state index in [1.165, 1.54) is 5.56 Å². The van der Waals surface area contributed by atoms with E-state index in [-0.39, 0.29) is 5.91 Å². The summed E-state index contributed by atoms with van der Waals surface area (Å²) in [5.41, 5.74) is 1.95. The summed E-state index contributed by atoms with van der Waals surface area (Å²) in [4.78, 5) is 16.7. The SMILES string of the molecule is Cc1ccc(C(=O)N2CCN(Cc3ccco3)CC2)cc1. The second kappa shape index (κ2) is 6.14. The van der Waals surface area contributed by atoms with Gasteiger partial charge in [0.15, 0.2) is 0 Å². The summed E-state index contributed by atoms with van der Waals surface area (Å²) in [5.74, 6) is 1.11. The van der Waals surface area contributed by atoms with Crippen LogP contribution < -0.4 is 0 Å². The quantitative estimate of drug-likeness (QED) is 0.869. The zero-order valence-electron chi connectivity index (χ0n) is 12.3. The average Bonchev–Trinajstić information content (AvgIpc) is 3.01. The molecule has 110 valence electrons. The summed E-state index contributed by atoms with van der Waals surface area (Å²) >= 11 is 0. The molecule has 1 aliphatic heterocycles. The van der Waals surface area contributed by atoms with Gasteiger partial charge in [-0.1, -0.05) is 17.7 Å². The van der Waals surface area contributed by atoms with Crippen LogP contribution in [0.2, 0.25) is 0 Å². The highest BCUT2D eigenvalue weighted by Gasteiger charge is 2.22. The first-order valence-electron chi connectivity index (χ1n) is 7.33. The molecule has 1 aromatic carbocycles. The second-order valence-electron chi connectivity index (χ2n) is 5.51. The molecule has 4 heteroatoms. The molecule has 0 N–H and O–H groups in total. The third kappa shape index (κ3) is 3.34. The van der Waals surface area contributed by atoms with Gasteiger partial charge in [-0.05, 0) is 31.2 Å². The van der Waals surface area contributed by atoms with Crippen LogP contribution in [0.3, 0.4) is 0 Å². The molecule has 1 saturated heterocycles. The van der Waals surface area contributed by atoms with Crippen molar-refractivity contribution in [3.8, 4) is 0 Å². The molecule has 0 atom stereocenters. The molecule has 0 spiro atoms. The molecule has 3 rings (SSSR count). The predicted octanol–water partition coefficient (Wildman–Crippen LogP) is 2.55. The lowest BCUT2D eigenvalue weighted by Gasteiger charge is -2.34. The standard InChI is InChI=1S/C17H20N2O2/c1-14-4-6-15(7-5-14)17(20)19-10-8-18(9-11-19)13-16-3-2-12-21-16/h2-7,12H,8-11,13H2,1H3. The van der Waals surface area contributed by atoms with Crippen molar-refractivity contribution in [3.05, 3.63) is 59.5 Å². The second-order valence-corrected chi connectivity index (χ2v) is 5.51. The third-order valence-electron chi connectivity index (χ3n) is 3.92. The summed E-state index contributed by atoms with van der Waals surface area (Å²) in [6.45, 7) is 6.17. The first-order valence-corrected chi connectivity index (χ1v) is 7.33. The van der Waals surface area contributed by atoms with Crippen molar-refractivity contribution in [1.29, 1.82) is 0 Å². The highest BCUT2D eigenvalue weighted by Crippen LogP contribution is 2.12. The number of aryl methyl sites for hydroxylation is 1. The van der Waals surface area contributed by atoms with E-state index >= 15 is 0 Å². The molecule has 2 aromatic rings. The number of furan rings is 1. The van der Waals surface area contributed by atoms with E-state index < -0.39 is 0 Å². The van der Waals surface area contributed by atoms with Crippen LogP contribution in [-0.2, 0) is 6.54 Å². The average molecular weight is 284 g/mol. The Morgan fingerprint density at radius 2 is 1.81 bits per heavy atom. The summed E-state index contributed by atoms with van der Waals surface area (Å²) in [7, 11) is 0. The Kier molecular flexibility index (Phi) is 4.06. The number of piperazine rings is 1. The van der Waals surface area contributed by atoms with Crippen molar-refractivity contribution in [2.24, 2.45) is 0 Å². The fraction of sp³-hybridized carbons (Fsp3) is 0.353. The number of hydrogen-bond donors (Lipinski definition) is 0. The van der Waals surface area contributed by atoms with Crippen molar-refractivity contribution in [2.75, 3.05) is 26.2 Å². The third-order valence-corrected chi connectivity index (χ3v) is 3.92. The molecule has 1 aromatic heterocycles. The van der Waals surface area contributed by atoms with Gasteiger partial charge < -0.3 is 9.32 Å². The van der Waals surface area contributed by atoms with Crippen molar-refractivity contribution < 1.29 is 9.21 Å². The van der Waals surface area contributed by atoms with Crippen LogP contribution in [0.1, 0.15) is 21.7 Å². The molecule has 21 heavy (non-hydrogen) atoms. The summed E-state index contributed by atoms with van der Waals surface area (Å²) in [5, 5.41) is 0. The monoisotopic (exact) mass is 284 g/mol. The van der Waals surface area contributed by atoms with E-state index in [4.69, 9.17) is 4.42 Å². The molecule has 1 amide bonds. The Morgan fingerprint density at radius 3 is 2.43 bits per heavy atom. The first kappa shape index (κ1) is 13.9. The van der Waals surface area contributed by atoms with Gasteiger partial charge in [0.05, 0.1) is 12.8 Å². The maximum Gasteiger partial charge on any atom is 0.253 e. The van der Waals surface area contributed by atoms with Gasteiger partial charge in [-0.25, -0.2) is 0 Å². The number of amides is 1. The number of rotatable bonds is 3. The van der Waals surface area contributed by atoms with Crippen molar-refractivity contribution in [1.82, 2.24) is 9.80 Å². The topological polar surface area (TPSA) is 36.7 Å². The minimum atomic E-state index is 0.132. The van der Waals surface area contributed by atoms with Gasteiger partial charge in [0.2, 0.25) is 0 Å². The Hall–Kier alpha value is -2.07. The molecule has 4 nitrogen and oxygen atoms in total. The minimum absolute atomic E-state index is 0.132. The zero-order valence-corrected chi connectivity index (χ0v) is 12.3. The van der Waals surface area contributed by atoms with Gasteiger partial charge in [0.25, 0.3) is 5.91 Å². The van der Waals surface area contributed by atoms with Gasteiger partial charge in [-0.15, -0.1) is 0 Å². The number of hydrogen-bond acceptors (Lipinski definition) is 3. The van der Waals surface area contributed by atoms with Crippen LogP contribution in [0.25, 0.3) is 0 Å². The molecule has 1 fully saturated rings. The lowest BCUT2D eigenvalue weighted by molar-refractivity contribution is 0.0620. The Morgan fingerprint density at radius 1 is 1.10 bits per heavy atom. The predicted molar refractivity (Wildman–Crippen MR) is 81.1 cm³/mol. The van der Waals surface area contributed by atoms with Crippen LogP contribution in [0, 0.1) is 6.92 Å². The maximum atomic E-state index is 12.4. The molecule has 0 unspecified atom stereocenters. The molecule has 0 bridgehead atoms. The van der Waals surface area contributed by atoms with Gasteiger partial charge in [0.1, 0.15) is 5.76 Å². The summed E-state index contributed by atoms with van der Waals surface area (Å²) in [6, 6.07) is 11.7. The van der Waals surface area contributed by atoms with Crippen molar-refractivity contribution >= 4 is 5.91 Å². The Bertz CT molecular complexity index is 582. The summed E-state index contributed by atoms with van der Waals surface area (Å²) < 4.78 is 5.37. The number of benzene rings is 1. The number of carbonyl (C=O) groups is 1. The van der Waals surface area contributed by atoms with Crippen LogP contribution in [-0.4, -0.2) is 41.9 Å². The maximum absolute atomic E-state index is 12.4. The smallest absolute Gasteiger partial charge is 0.253 e. The number of carbonyl (C=O) groups excluding carboxylic acids is 1. The lowest BCUT2D eigenvalue weighted by atomic mass is 10.1. The highest BCUT2D eigenvalue weighted by molar-refractivity contribution is 5.94. The van der Waals surface area contributed by atoms with E-state index in [2.05, 4.69) is 4.90 Å². The molecule has 0 radical (unpaired) electrons. The number of nitrogens with zero attached hydrogens (tertiary/aromatic N) is 2. The highest BCUT2D eigenvalue weighted by atomic mass is 16.3. The van der Waals surface area contributed by atoms with E-state index in [9.17, 15) is 4.79 Å². The Labute approximate surface area is 125 Å². The van der Waals surface area contributed by atoms with E-state index in [1.807, 2.05) is 48.2 Å². The van der Waals surface area contributed by atoms with Crippen LogP contribution >= 0.6 is 0 Å². The fourth-order valence-electron chi connectivity index (χ4n) is 2.61. The van der Waals surface area contributed by atoms with Gasteiger partial charge >= 0.3 is 0 Å². The van der Waals surface area contributed by atoms with E-state index in [0.29, 0.717) is 0 Å². The molecule has 2 heterocycles. The first-order chi connectivity index (χ1) is 10.2. The lowest BCUT2D eigenvalue weighted by Crippen LogP contribution is -2.48. The van der Waals surface area contributed by atoms with Crippen LogP contribution in [0.5, 0.6) is 0 Å². The van der Waals surface area contributed by atoms with Gasteiger partial charge in [-0.2, -0.15) is 0 Å². The van der Waals surface area contributed by atoms with Crippen molar-refractivity contribution in [3.63, 3.8) is 0 Å². The largest absolute Gasteiger partial charge is 0.468 e. The zero-order chi connectivity index (χ0) is 14.7. The molecule has 0 saturated carbocycles. The van der Waals surface area contributed by atoms with E-state index in [0.717, 1.165) is 44.0 Å². The van der Waals surface area contributed by atoms with Crippen LogP contribution in [0.4, 0.5) is 0 Å². The molecular weight excluding hydrogens is 264 g/mol. The van der Waals surface area contributed by atoms with Crippen molar-refractivity contribution in [2.45, 2.75) is 13.5 Å².